The van der Waals surface area contributed by atoms with Gasteiger partial charge in [-0.05, 0) is 136 Å². The van der Waals surface area contributed by atoms with Gasteiger partial charge < -0.3 is 18.0 Å². The first kappa shape index (κ1) is 40.6. The molecule has 0 radical (unpaired) electrons. The van der Waals surface area contributed by atoms with Crippen LogP contribution in [0, 0.1) is 0 Å². The first-order valence-corrected chi connectivity index (χ1v) is 25.5. The van der Waals surface area contributed by atoms with Crippen molar-refractivity contribution in [3.05, 3.63) is 235 Å². The van der Waals surface area contributed by atoms with Crippen molar-refractivity contribution < 1.29 is 8.83 Å². The third-order valence-corrected chi connectivity index (χ3v) is 16.5. The number of nitrogens with zero attached hydrogens (tertiary/aromatic N) is 2. The smallest absolute Gasteiger partial charge is 0.143 e. The fourth-order valence-electron chi connectivity index (χ4n) is 12.9. The first-order valence-electron chi connectivity index (χ1n) is 25.5. The van der Waals surface area contributed by atoms with E-state index in [1.165, 1.54) is 93.8 Å². The Bertz CT molecular complexity index is 4760. The van der Waals surface area contributed by atoms with Crippen LogP contribution in [0.3, 0.4) is 0 Å². The average molecular weight is 935 g/mol. The molecule has 2 aliphatic carbocycles. The lowest BCUT2D eigenvalue weighted by Gasteiger charge is -2.21. The number of aromatic nitrogens is 2. The average Bonchev–Trinajstić information content (AvgIpc) is 4.26. The lowest BCUT2D eigenvalue weighted by Crippen LogP contribution is -2.14. The highest BCUT2D eigenvalue weighted by atomic mass is 16.3. The Morgan fingerprint density at radius 3 is 1.56 bits per heavy atom. The minimum atomic E-state index is -0.105. The van der Waals surface area contributed by atoms with E-state index in [0.717, 1.165) is 73.5 Å². The van der Waals surface area contributed by atoms with Crippen LogP contribution in [0.25, 0.3) is 138 Å². The molecule has 0 saturated carbocycles. The quantitative estimate of drug-likeness (QED) is 0.172. The van der Waals surface area contributed by atoms with Crippen LogP contribution in [0.5, 0.6) is 0 Å². The Kier molecular flexibility index (Phi) is 8.32. The molecule has 0 atom stereocenters. The van der Waals surface area contributed by atoms with E-state index in [9.17, 15) is 0 Å². The summed E-state index contributed by atoms with van der Waals surface area (Å²) in [7, 11) is 0. The van der Waals surface area contributed by atoms with E-state index >= 15 is 0 Å². The minimum Gasteiger partial charge on any atom is -0.455 e. The molecule has 4 heterocycles. The van der Waals surface area contributed by atoms with Crippen LogP contribution in [0.15, 0.2) is 227 Å². The summed E-state index contributed by atoms with van der Waals surface area (Å²) in [6.45, 7) is 4.74. The van der Waals surface area contributed by atoms with Gasteiger partial charge in [0, 0.05) is 71.0 Å². The number of benzene rings is 10. The van der Waals surface area contributed by atoms with Crippen LogP contribution in [-0.4, -0.2) is 9.13 Å². The summed E-state index contributed by atoms with van der Waals surface area (Å²) in [5, 5.41) is 9.53. The van der Waals surface area contributed by atoms with Gasteiger partial charge in [0.1, 0.15) is 22.3 Å². The predicted molar refractivity (Wildman–Crippen MR) is 305 cm³/mol. The molecule has 0 spiro atoms. The van der Waals surface area contributed by atoms with E-state index in [0.29, 0.717) is 0 Å². The van der Waals surface area contributed by atoms with Gasteiger partial charge in [-0.1, -0.05) is 153 Å². The number of rotatable bonds is 5. The second-order valence-corrected chi connectivity index (χ2v) is 20.7. The summed E-state index contributed by atoms with van der Waals surface area (Å²) in [6.07, 6.45) is 6.44. The molecule has 0 fully saturated rings. The molecule has 73 heavy (non-hydrogen) atoms. The van der Waals surface area contributed by atoms with Gasteiger partial charge >= 0.3 is 0 Å². The summed E-state index contributed by atoms with van der Waals surface area (Å²) in [6, 6.07) is 75.7. The van der Waals surface area contributed by atoms with Gasteiger partial charge in [-0.25, -0.2) is 0 Å². The largest absolute Gasteiger partial charge is 0.455 e. The summed E-state index contributed by atoms with van der Waals surface area (Å²) in [5.74, 6) is 0. The van der Waals surface area contributed by atoms with Crippen molar-refractivity contribution in [3.63, 3.8) is 0 Å². The molecular formula is C69H46N2O2. The van der Waals surface area contributed by atoms with Crippen LogP contribution in [0.2, 0.25) is 0 Å². The van der Waals surface area contributed by atoms with Gasteiger partial charge in [0.05, 0.1) is 22.1 Å². The highest BCUT2D eigenvalue weighted by molar-refractivity contribution is 6.16. The summed E-state index contributed by atoms with van der Waals surface area (Å²) < 4.78 is 18.1. The number of allylic oxidation sites excluding steroid dienone is 4. The maximum atomic E-state index is 6.62. The van der Waals surface area contributed by atoms with Crippen molar-refractivity contribution in [2.45, 2.75) is 32.1 Å². The Balaban J connectivity index is 0.892. The lowest BCUT2D eigenvalue weighted by molar-refractivity contribution is 0.661. The number of para-hydroxylation sites is 5. The molecule has 0 unspecified atom stereocenters. The number of hydrogen-bond acceptors (Lipinski definition) is 2. The maximum Gasteiger partial charge on any atom is 0.143 e. The summed E-state index contributed by atoms with van der Waals surface area (Å²) in [4.78, 5) is 0. The topological polar surface area (TPSA) is 36.1 Å². The monoisotopic (exact) mass is 934 g/mol. The zero-order chi connectivity index (χ0) is 48.1. The third-order valence-electron chi connectivity index (χ3n) is 16.5. The van der Waals surface area contributed by atoms with Crippen LogP contribution >= 0.6 is 0 Å². The normalized spacial score (nSPS) is 14.3. The van der Waals surface area contributed by atoms with Crippen molar-refractivity contribution in [1.29, 1.82) is 0 Å². The molecule has 0 N–H and O–H groups in total. The van der Waals surface area contributed by atoms with Crippen LogP contribution in [0.1, 0.15) is 43.4 Å². The Morgan fingerprint density at radius 1 is 0.356 bits per heavy atom. The van der Waals surface area contributed by atoms with Gasteiger partial charge in [0.25, 0.3) is 0 Å². The second-order valence-electron chi connectivity index (χ2n) is 20.7. The maximum absolute atomic E-state index is 6.62. The van der Waals surface area contributed by atoms with Crippen molar-refractivity contribution in [2.24, 2.45) is 0 Å². The standard InChI is InChI=1S/C69H46N2O2/c1-69(2)59-23-9-6-16-49(59)54-39-58-56-37-43(29-34-63(56)71(64(58)40-60(54)69)45-14-4-3-5-15-45)42-28-33-61-55(36-42)57-38-44(48-20-13-22-53-51-18-8-11-25-66(51)73-68(48)53)30-35-62(57)70(61)46-31-26-41(27-32-46)47-19-12-21-52-50-17-7-10-24-65(50)72-67(47)52/h3-26,28-31,33-40H,27,32H2,1-2H3. The van der Waals surface area contributed by atoms with E-state index in [4.69, 9.17) is 8.83 Å². The molecule has 344 valence electrons. The number of hydrogen-bond donors (Lipinski definition) is 0. The van der Waals surface area contributed by atoms with E-state index in [-0.39, 0.29) is 5.41 Å². The van der Waals surface area contributed by atoms with Crippen molar-refractivity contribution >= 4 is 98.8 Å². The Morgan fingerprint density at radius 2 is 0.890 bits per heavy atom. The van der Waals surface area contributed by atoms with Crippen molar-refractivity contribution in [3.8, 4) is 39.1 Å². The summed E-state index contributed by atoms with van der Waals surface area (Å²) >= 11 is 0. The molecule has 0 saturated heterocycles. The molecule has 4 heteroatoms. The van der Waals surface area contributed by atoms with Crippen molar-refractivity contribution in [2.75, 3.05) is 0 Å². The van der Waals surface area contributed by atoms with Gasteiger partial charge in [-0.2, -0.15) is 0 Å². The molecule has 4 aromatic heterocycles. The van der Waals surface area contributed by atoms with E-state index < -0.39 is 0 Å². The van der Waals surface area contributed by atoms with E-state index in [1.54, 1.807) is 0 Å². The van der Waals surface area contributed by atoms with Gasteiger partial charge in [0.2, 0.25) is 0 Å². The molecule has 2 aliphatic rings. The molecule has 0 amide bonds. The highest BCUT2D eigenvalue weighted by Crippen LogP contribution is 2.52. The van der Waals surface area contributed by atoms with Gasteiger partial charge in [0.15, 0.2) is 0 Å². The predicted octanol–water partition coefficient (Wildman–Crippen LogP) is 19.0. The first-order chi connectivity index (χ1) is 35.9. The number of furan rings is 2. The molecule has 14 aromatic rings. The molecule has 0 bridgehead atoms. The van der Waals surface area contributed by atoms with Gasteiger partial charge in [-0.15, -0.1) is 0 Å². The highest BCUT2D eigenvalue weighted by Gasteiger charge is 2.36. The zero-order valence-electron chi connectivity index (χ0n) is 40.4. The second kappa shape index (κ2) is 15.0. The summed E-state index contributed by atoms with van der Waals surface area (Å²) in [5.41, 5.74) is 23.4. The van der Waals surface area contributed by atoms with Crippen LogP contribution < -0.4 is 0 Å². The van der Waals surface area contributed by atoms with Crippen LogP contribution in [-0.2, 0) is 5.41 Å². The fraction of sp³-hybridized carbons (Fsp3) is 0.0725. The molecule has 0 aliphatic heterocycles. The minimum absolute atomic E-state index is 0.105. The lowest BCUT2D eigenvalue weighted by atomic mass is 9.82. The van der Waals surface area contributed by atoms with Gasteiger partial charge in [-0.3, -0.25) is 0 Å². The molecule has 4 nitrogen and oxygen atoms in total. The number of fused-ring (bicyclic) bond motifs is 15. The third kappa shape index (κ3) is 5.78. The van der Waals surface area contributed by atoms with Crippen molar-refractivity contribution in [1.82, 2.24) is 9.13 Å². The zero-order valence-corrected chi connectivity index (χ0v) is 40.4. The molecule has 10 aromatic carbocycles. The Labute approximate surface area is 420 Å². The fourth-order valence-corrected chi connectivity index (χ4v) is 12.9. The van der Waals surface area contributed by atoms with E-state index in [2.05, 4.69) is 229 Å². The van der Waals surface area contributed by atoms with E-state index in [1.807, 2.05) is 12.1 Å². The SMILES string of the molecule is CC1(C)c2ccccc2-c2cc3c4cc(-c5ccc6c(c5)c5cc(-c7cccc8c7oc7ccccc78)ccc5n6C5=CC=C(c6cccc7c6oc6ccccc67)CC5)ccc4n(-c4ccccc4)c3cc21. The molecule has 16 rings (SSSR count). The molecular weight excluding hydrogens is 889 g/mol. The van der Waals surface area contributed by atoms with Crippen LogP contribution in [0.4, 0.5) is 0 Å². The Hall–Kier alpha value is -9.12.